The van der Waals surface area contributed by atoms with Crippen LogP contribution in [0.25, 0.3) is 5.76 Å². The highest BCUT2D eigenvalue weighted by Crippen LogP contribution is 2.37. The van der Waals surface area contributed by atoms with Gasteiger partial charge in [-0.2, -0.15) is 0 Å². The van der Waals surface area contributed by atoms with Crippen molar-refractivity contribution in [3.63, 3.8) is 0 Å². The van der Waals surface area contributed by atoms with Gasteiger partial charge in [-0.05, 0) is 6.42 Å². The number of hydrogen-bond donors (Lipinski definition) is 1. The second-order valence-corrected chi connectivity index (χ2v) is 5.35. The first-order valence-corrected chi connectivity index (χ1v) is 6.47. The molecule has 1 atom stereocenters. The van der Waals surface area contributed by atoms with Crippen molar-refractivity contribution in [2.24, 2.45) is 0 Å². The van der Waals surface area contributed by atoms with Gasteiger partial charge in [-0.1, -0.05) is 6.92 Å². The largest absolute Gasteiger partial charge is 0.504 e. The Morgan fingerprint density at radius 1 is 1.21 bits per heavy atom. The Balaban J connectivity index is 1.98. The van der Waals surface area contributed by atoms with Crippen LogP contribution in [0.3, 0.4) is 0 Å². The van der Waals surface area contributed by atoms with E-state index in [1.54, 1.807) is 9.47 Å². The summed E-state index contributed by atoms with van der Waals surface area (Å²) in [5.74, 6) is -0.228. The third-order valence-corrected chi connectivity index (χ3v) is 4.07. The number of aromatic nitrogens is 2. The molecular weight excluding hydrogens is 246 g/mol. The molecule has 6 nitrogen and oxygen atoms in total. The van der Waals surface area contributed by atoms with Gasteiger partial charge in [0.25, 0.3) is 11.6 Å². The number of carbonyl (C=O) groups excluding carboxylic acids is 2. The molecule has 2 aliphatic heterocycles. The maximum atomic E-state index is 12.2. The maximum absolute atomic E-state index is 12.2. The minimum Gasteiger partial charge on any atom is -0.504 e. The highest BCUT2D eigenvalue weighted by atomic mass is 16.3. The van der Waals surface area contributed by atoms with Crippen molar-refractivity contribution in [3.05, 3.63) is 22.9 Å². The Labute approximate surface area is 109 Å². The fourth-order valence-corrected chi connectivity index (χ4v) is 2.92. The summed E-state index contributed by atoms with van der Waals surface area (Å²) in [6.45, 7) is 4.13. The van der Waals surface area contributed by atoms with Crippen molar-refractivity contribution in [1.29, 1.82) is 0 Å². The van der Waals surface area contributed by atoms with Gasteiger partial charge in [0.2, 0.25) is 0 Å². The summed E-state index contributed by atoms with van der Waals surface area (Å²) < 4.78 is 1.79. The predicted octanol–water partition coefficient (Wildman–Crippen LogP) is 0.698. The van der Waals surface area contributed by atoms with E-state index in [2.05, 4.69) is 4.98 Å². The van der Waals surface area contributed by atoms with Gasteiger partial charge >= 0.3 is 0 Å². The van der Waals surface area contributed by atoms with E-state index >= 15 is 0 Å². The van der Waals surface area contributed by atoms with Crippen LogP contribution in [0.1, 0.15) is 41.3 Å². The monoisotopic (exact) mass is 259 g/mol. The van der Waals surface area contributed by atoms with Gasteiger partial charge < -0.3 is 14.6 Å². The second-order valence-electron chi connectivity index (χ2n) is 5.35. The Morgan fingerprint density at radius 3 is 2.63 bits per heavy atom. The first-order valence-electron chi connectivity index (χ1n) is 6.47. The van der Waals surface area contributed by atoms with Crippen LogP contribution in [0.4, 0.5) is 0 Å². The quantitative estimate of drug-likeness (QED) is 0.593. The molecule has 0 amide bonds. The summed E-state index contributed by atoms with van der Waals surface area (Å²) in [5.41, 5.74) is 0.683. The Kier molecular flexibility index (Phi) is 1.85. The maximum Gasteiger partial charge on any atom is 0.255 e. The molecule has 1 unspecified atom stereocenters. The van der Waals surface area contributed by atoms with E-state index in [9.17, 15) is 14.7 Å². The molecule has 98 valence electrons. The number of aliphatic hydroxyl groups excluding tert-OH is 1. The van der Waals surface area contributed by atoms with Crippen molar-refractivity contribution in [1.82, 2.24) is 14.5 Å². The minimum atomic E-state index is -0.607. The lowest BCUT2D eigenvalue weighted by atomic mass is 10.00. The molecule has 0 aromatic carbocycles. The van der Waals surface area contributed by atoms with Crippen LogP contribution < -0.4 is 0 Å². The summed E-state index contributed by atoms with van der Waals surface area (Å²) in [6.07, 6.45) is 0.917. The van der Waals surface area contributed by atoms with Crippen LogP contribution in [0.5, 0.6) is 0 Å². The van der Waals surface area contributed by atoms with Gasteiger partial charge in [-0.3, -0.25) is 9.59 Å². The summed E-state index contributed by atoms with van der Waals surface area (Å²) in [6, 6.07) is 0. The number of aliphatic hydroxyl groups is 1. The van der Waals surface area contributed by atoms with Crippen molar-refractivity contribution in [3.8, 4) is 0 Å². The van der Waals surface area contributed by atoms with Crippen LogP contribution >= 0.6 is 0 Å². The highest BCUT2D eigenvalue weighted by molar-refractivity contribution is 6.51. The molecule has 0 bridgehead atoms. The fraction of sp³-hybridized carbons (Fsp3) is 0.462. The van der Waals surface area contributed by atoms with E-state index in [0.717, 1.165) is 12.2 Å². The number of hydrogen-bond acceptors (Lipinski definition) is 5. The number of fused-ring (bicyclic) bond motifs is 3. The average molecular weight is 259 g/mol. The fourth-order valence-electron chi connectivity index (χ4n) is 2.92. The molecule has 0 radical (unpaired) electrons. The predicted molar refractivity (Wildman–Crippen MR) is 65.7 cm³/mol. The Bertz CT molecular complexity index is 667. The minimum absolute atomic E-state index is 0.127. The van der Waals surface area contributed by atoms with Gasteiger partial charge in [0.1, 0.15) is 22.9 Å². The highest BCUT2D eigenvalue weighted by Gasteiger charge is 2.44. The molecule has 0 saturated carbocycles. The van der Waals surface area contributed by atoms with E-state index < -0.39 is 11.6 Å². The summed E-state index contributed by atoms with van der Waals surface area (Å²) in [4.78, 5) is 30.5. The lowest BCUT2D eigenvalue weighted by molar-refractivity contribution is -0.112. The normalized spacial score (nSPS) is 24.9. The first-order chi connectivity index (χ1) is 9.09. The van der Waals surface area contributed by atoms with Crippen molar-refractivity contribution in [2.75, 3.05) is 13.1 Å². The van der Waals surface area contributed by atoms with Crippen LogP contribution in [0.2, 0.25) is 0 Å². The Hall–Kier alpha value is -2.11. The van der Waals surface area contributed by atoms with Crippen molar-refractivity contribution in [2.45, 2.75) is 25.8 Å². The Morgan fingerprint density at radius 2 is 1.95 bits per heavy atom. The molecule has 6 heteroatoms. The molecule has 1 fully saturated rings. The van der Waals surface area contributed by atoms with Gasteiger partial charge in [0.05, 0.1) is 0 Å². The summed E-state index contributed by atoms with van der Waals surface area (Å²) in [7, 11) is 0. The molecule has 1 N–H and O–H groups in total. The number of nitrogens with zero attached hydrogens (tertiary/aromatic N) is 3. The van der Waals surface area contributed by atoms with Crippen LogP contribution in [-0.4, -0.2) is 44.2 Å². The lowest BCUT2D eigenvalue weighted by Crippen LogP contribution is -2.29. The van der Waals surface area contributed by atoms with Gasteiger partial charge in [0, 0.05) is 25.6 Å². The third-order valence-electron chi connectivity index (χ3n) is 4.07. The lowest BCUT2D eigenvalue weighted by Gasteiger charge is -2.16. The number of carbonyl (C=O) groups is 2. The van der Waals surface area contributed by atoms with Crippen molar-refractivity contribution >= 4 is 17.3 Å². The first kappa shape index (κ1) is 10.8. The molecular formula is C13H13N3O3. The van der Waals surface area contributed by atoms with E-state index in [0.29, 0.717) is 19.6 Å². The molecule has 1 saturated heterocycles. The number of allylic oxidation sites excluding steroid dienone is 1. The summed E-state index contributed by atoms with van der Waals surface area (Å²) >= 11 is 0. The topological polar surface area (TPSA) is 75.2 Å². The van der Waals surface area contributed by atoms with E-state index in [-0.39, 0.29) is 28.8 Å². The zero-order valence-corrected chi connectivity index (χ0v) is 10.5. The standard InChI is InChI=1S/C13H13N3O3/c1-6-2-3-16-8-7(14-13(6)16)10(17)9(15-4-5-15)12(19)11(8)18/h6,17H,2-5H2,1H3. The molecule has 1 aliphatic carbocycles. The number of rotatable bonds is 1. The molecule has 1 aromatic rings. The summed E-state index contributed by atoms with van der Waals surface area (Å²) in [5, 5.41) is 10.3. The van der Waals surface area contributed by atoms with Gasteiger partial charge in [0.15, 0.2) is 5.76 Å². The number of ketones is 2. The zero-order valence-electron chi connectivity index (χ0n) is 10.5. The van der Waals surface area contributed by atoms with Gasteiger partial charge in [-0.25, -0.2) is 4.98 Å². The molecule has 4 rings (SSSR count). The zero-order chi connectivity index (χ0) is 13.3. The van der Waals surface area contributed by atoms with E-state index in [1.807, 2.05) is 6.92 Å². The number of imidazole rings is 1. The smallest absolute Gasteiger partial charge is 0.255 e. The number of Topliss-reactive ketones (excluding diaryl/α,β-unsaturated/α-hetero) is 2. The molecule has 19 heavy (non-hydrogen) atoms. The van der Waals surface area contributed by atoms with Crippen LogP contribution in [-0.2, 0) is 11.3 Å². The third kappa shape index (κ3) is 1.23. The van der Waals surface area contributed by atoms with Crippen LogP contribution in [0, 0.1) is 0 Å². The molecule has 0 spiro atoms. The molecule has 3 aliphatic rings. The van der Waals surface area contributed by atoms with Crippen LogP contribution in [0.15, 0.2) is 5.70 Å². The van der Waals surface area contributed by atoms with E-state index in [4.69, 9.17) is 0 Å². The average Bonchev–Trinajstić information content (AvgIpc) is 3.03. The SMILES string of the molecule is CC1CCn2c1nc1c2C(=O)C(=O)C(N2CC2)=C1O. The second kappa shape index (κ2) is 3.26. The van der Waals surface area contributed by atoms with Crippen molar-refractivity contribution < 1.29 is 14.7 Å². The molecule has 1 aromatic heterocycles. The van der Waals surface area contributed by atoms with E-state index in [1.165, 1.54) is 0 Å². The van der Waals surface area contributed by atoms with Gasteiger partial charge in [-0.15, -0.1) is 0 Å². The molecule has 3 heterocycles.